The summed E-state index contributed by atoms with van der Waals surface area (Å²) in [6, 6.07) is 6.72. The second-order valence-electron chi connectivity index (χ2n) is 11.9. The standard InChI is InChI=1S/C28H38N2O4/c1-30-9-8-28(21-4-5-23(32-2)24(13-21)33-3)7-6-22(14-25(28)30)29-34-26(31)27-15-18-10-19(16-27)12-20(11-18)17-27/h4-5,13,18-20,25H,6-12,14-17H2,1-3H3/b29-22+/t18?,19?,20?,25-,27?,28-/m0/s1. The lowest BCUT2D eigenvalue weighted by atomic mass is 9.49. The molecule has 5 aliphatic carbocycles. The van der Waals surface area contributed by atoms with Gasteiger partial charge in [0.05, 0.1) is 25.3 Å². The van der Waals surface area contributed by atoms with E-state index in [1.165, 1.54) is 24.8 Å². The number of nitrogens with zero attached hydrogens (tertiary/aromatic N) is 2. The van der Waals surface area contributed by atoms with Crippen LogP contribution in [0.2, 0.25) is 0 Å². The van der Waals surface area contributed by atoms with Crippen molar-refractivity contribution in [3.63, 3.8) is 0 Å². The zero-order valence-corrected chi connectivity index (χ0v) is 20.8. The molecule has 0 unspecified atom stereocenters. The van der Waals surface area contributed by atoms with Gasteiger partial charge in [-0.1, -0.05) is 11.2 Å². The van der Waals surface area contributed by atoms with Crippen molar-refractivity contribution in [3.05, 3.63) is 23.8 Å². The lowest BCUT2D eigenvalue weighted by Crippen LogP contribution is -2.50. The number of benzene rings is 1. The minimum Gasteiger partial charge on any atom is -0.493 e. The van der Waals surface area contributed by atoms with Crippen LogP contribution < -0.4 is 9.47 Å². The molecule has 0 radical (unpaired) electrons. The molecule has 6 heteroatoms. The van der Waals surface area contributed by atoms with Crippen molar-refractivity contribution in [2.45, 2.75) is 75.7 Å². The third kappa shape index (κ3) is 3.47. The van der Waals surface area contributed by atoms with Crippen molar-refractivity contribution in [1.82, 2.24) is 4.90 Å². The van der Waals surface area contributed by atoms with Gasteiger partial charge in [0.1, 0.15) is 0 Å². The number of methoxy groups -OCH3 is 2. The quantitative estimate of drug-likeness (QED) is 0.454. The summed E-state index contributed by atoms with van der Waals surface area (Å²) >= 11 is 0. The monoisotopic (exact) mass is 466 g/mol. The van der Waals surface area contributed by atoms with Crippen LogP contribution in [0.5, 0.6) is 11.5 Å². The molecule has 34 heavy (non-hydrogen) atoms. The summed E-state index contributed by atoms with van der Waals surface area (Å²) < 4.78 is 11.1. The van der Waals surface area contributed by atoms with Gasteiger partial charge >= 0.3 is 5.97 Å². The summed E-state index contributed by atoms with van der Waals surface area (Å²) in [6.07, 6.45) is 10.9. The molecule has 6 aliphatic rings. The Kier molecular flexibility index (Phi) is 5.43. The Bertz CT molecular complexity index is 969. The Morgan fingerprint density at radius 2 is 1.68 bits per heavy atom. The molecule has 7 rings (SSSR count). The maximum absolute atomic E-state index is 13.3. The van der Waals surface area contributed by atoms with E-state index in [9.17, 15) is 4.79 Å². The van der Waals surface area contributed by atoms with Crippen LogP contribution in [0.1, 0.15) is 69.8 Å². The van der Waals surface area contributed by atoms with Crippen molar-refractivity contribution in [2.75, 3.05) is 27.8 Å². The van der Waals surface area contributed by atoms with E-state index in [1.807, 2.05) is 6.07 Å². The molecule has 6 nitrogen and oxygen atoms in total. The van der Waals surface area contributed by atoms with E-state index in [2.05, 4.69) is 29.2 Å². The van der Waals surface area contributed by atoms with E-state index in [1.54, 1.807) is 14.2 Å². The molecule has 1 aromatic rings. The van der Waals surface area contributed by atoms with Crippen molar-refractivity contribution in [1.29, 1.82) is 0 Å². The highest BCUT2D eigenvalue weighted by atomic mass is 16.7. The molecule has 1 heterocycles. The fourth-order valence-electron chi connectivity index (χ4n) is 8.73. The van der Waals surface area contributed by atoms with E-state index >= 15 is 0 Å². The molecular formula is C28H38N2O4. The van der Waals surface area contributed by atoms with Crippen LogP contribution in [-0.4, -0.2) is 50.4 Å². The topological polar surface area (TPSA) is 60.4 Å². The van der Waals surface area contributed by atoms with Crippen LogP contribution in [0, 0.1) is 23.2 Å². The smallest absolute Gasteiger partial charge is 0.341 e. The lowest BCUT2D eigenvalue weighted by Gasteiger charge is -2.54. The largest absolute Gasteiger partial charge is 0.493 e. The maximum atomic E-state index is 13.3. The number of ether oxygens (including phenoxy) is 2. The molecule has 1 aromatic carbocycles. The third-order valence-corrected chi connectivity index (χ3v) is 10.1. The fraction of sp³-hybridized carbons (Fsp3) is 0.714. The molecule has 1 saturated heterocycles. The Morgan fingerprint density at radius 1 is 1.00 bits per heavy atom. The van der Waals surface area contributed by atoms with Gasteiger partial charge < -0.3 is 19.2 Å². The molecule has 0 N–H and O–H groups in total. The Hall–Kier alpha value is -2.08. The first-order chi connectivity index (χ1) is 16.4. The highest BCUT2D eigenvalue weighted by Gasteiger charge is 2.56. The van der Waals surface area contributed by atoms with Gasteiger partial charge in [0, 0.05) is 17.9 Å². The number of carbonyl (C=O) groups excluding carboxylic acids is 1. The van der Waals surface area contributed by atoms with E-state index < -0.39 is 0 Å². The molecule has 0 amide bonds. The van der Waals surface area contributed by atoms with Gasteiger partial charge in [-0.25, -0.2) is 4.79 Å². The molecule has 2 atom stereocenters. The van der Waals surface area contributed by atoms with E-state index in [4.69, 9.17) is 14.3 Å². The minimum absolute atomic E-state index is 0.0457. The van der Waals surface area contributed by atoms with E-state index in [0.29, 0.717) is 6.04 Å². The number of likely N-dealkylation sites (tertiary alicyclic amines) is 1. The Labute approximate surface area is 203 Å². The first-order valence-corrected chi connectivity index (χ1v) is 13.1. The summed E-state index contributed by atoms with van der Waals surface area (Å²) in [5, 5.41) is 4.52. The zero-order chi connectivity index (χ0) is 23.5. The number of hydrogen-bond acceptors (Lipinski definition) is 6. The average molecular weight is 467 g/mol. The van der Waals surface area contributed by atoms with Gasteiger partial charge in [0.25, 0.3) is 0 Å². The highest BCUT2D eigenvalue weighted by Crippen LogP contribution is 2.60. The van der Waals surface area contributed by atoms with Crippen LogP contribution in [0.25, 0.3) is 0 Å². The molecular weight excluding hydrogens is 428 g/mol. The summed E-state index contributed by atoms with van der Waals surface area (Å²) in [5.41, 5.74) is 2.16. The summed E-state index contributed by atoms with van der Waals surface area (Å²) in [5.74, 6) is 3.70. The fourth-order valence-corrected chi connectivity index (χ4v) is 8.73. The number of rotatable bonds is 5. The predicted octanol–water partition coefficient (Wildman–Crippen LogP) is 4.95. The SMILES string of the molecule is COc1ccc([C@@]23CC/C(=N\OC(=O)C45CC6CC(CC(C6)C4)C5)C[C@@H]2N(C)CC3)cc1OC. The zero-order valence-electron chi connectivity index (χ0n) is 20.8. The van der Waals surface area contributed by atoms with Gasteiger partial charge in [-0.3, -0.25) is 0 Å². The van der Waals surface area contributed by atoms with Crippen LogP contribution in [-0.2, 0) is 15.0 Å². The van der Waals surface area contributed by atoms with Gasteiger partial charge in [-0.05, 0) is 107 Å². The van der Waals surface area contributed by atoms with Crippen LogP contribution in [0.4, 0.5) is 0 Å². The highest BCUT2D eigenvalue weighted by molar-refractivity contribution is 5.87. The number of carbonyl (C=O) groups is 1. The molecule has 6 fully saturated rings. The third-order valence-electron chi connectivity index (χ3n) is 10.1. The summed E-state index contributed by atoms with van der Waals surface area (Å²) in [6.45, 7) is 1.05. The van der Waals surface area contributed by atoms with Gasteiger partial charge in [-0.15, -0.1) is 0 Å². The molecule has 0 aromatic heterocycles. The van der Waals surface area contributed by atoms with Crippen molar-refractivity contribution >= 4 is 11.7 Å². The molecule has 0 spiro atoms. The minimum atomic E-state index is -0.249. The maximum Gasteiger partial charge on any atom is 0.341 e. The first-order valence-electron chi connectivity index (χ1n) is 13.1. The average Bonchev–Trinajstić information content (AvgIpc) is 3.18. The second kappa shape index (κ2) is 8.25. The number of likely N-dealkylation sites (N-methyl/N-ethyl adjacent to an activating group) is 1. The molecule has 4 bridgehead atoms. The van der Waals surface area contributed by atoms with Crippen molar-refractivity contribution < 1.29 is 19.1 Å². The lowest BCUT2D eigenvalue weighted by molar-refractivity contribution is -0.171. The van der Waals surface area contributed by atoms with Gasteiger partial charge in [-0.2, -0.15) is 0 Å². The number of oxime groups is 1. The van der Waals surface area contributed by atoms with E-state index in [0.717, 1.165) is 86.5 Å². The van der Waals surface area contributed by atoms with Gasteiger partial charge in [0.2, 0.25) is 0 Å². The summed E-state index contributed by atoms with van der Waals surface area (Å²) in [4.78, 5) is 21.5. The Morgan fingerprint density at radius 3 is 2.32 bits per heavy atom. The normalized spacial score (nSPS) is 39.8. The molecule has 1 aliphatic heterocycles. The van der Waals surface area contributed by atoms with Crippen molar-refractivity contribution in [2.24, 2.45) is 28.3 Å². The predicted molar refractivity (Wildman–Crippen MR) is 130 cm³/mol. The van der Waals surface area contributed by atoms with E-state index in [-0.39, 0.29) is 16.8 Å². The summed E-state index contributed by atoms with van der Waals surface area (Å²) in [7, 11) is 5.58. The first kappa shape index (κ1) is 22.4. The van der Waals surface area contributed by atoms with Gasteiger partial charge in [0.15, 0.2) is 11.5 Å². The van der Waals surface area contributed by atoms with Crippen LogP contribution >= 0.6 is 0 Å². The second-order valence-corrected chi connectivity index (χ2v) is 11.9. The molecule has 5 saturated carbocycles. The number of fused-ring (bicyclic) bond motifs is 1. The van der Waals surface area contributed by atoms with Crippen LogP contribution in [0.3, 0.4) is 0 Å². The van der Waals surface area contributed by atoms with Crippen LogP contribution in [0.15, 0.2) is 23.4 Å². The van der Waals surface area contributed by atoms with Crippen molar-refractivity contribution in [3.8, 4) is 11.5 Å². The number of hydrogen-bond donors (Lipinski definition) is 0. The molecule has 184 valence electrons. The Balaban J connectivity index is 1.19.